The predicted octanol–water partition coefficient (Wildman–Crippen LogP) is 2.82. The van der Waals surface area contributed by atoms with Crippen molar-refractivity contribution >= 4 is 27.3 Å². The van der Waals surface area contributed by atoms with Gasteiger partial charge in [0.05, 0.1) is 11.6 Å². The summed E-state index contributed by atoms with van der Waals surface area (Å²) >= 11 is 1.05. The van der Waals surface area contributed by atoms with E-state index in [2.05, 4.69) is 17.0 Å². The number of thiophene rings is 1. The van der Waals surface area contributed by atoms with Crippen molar-refractivity contribution in [2.75, 3.05) is 20.6 Å². The number of benzene rings is 1. The topological polar surface area (TPSA) is 83.7 Å². The molecule has 1 aliphatic heterocycles. The fourth-order valence-electron chi connectivity index (χ4n) is 3.43. The maximum absolute atomic E-state index is 13.2. The summed E-state index contributed by atoms with van der Waals surface area (Å²) < 4.78 is 28.1. The van der Waals surface area contributed by atoms with Gasteiger partial charge in [0, 0.05) is 18.5 Å². The first-order valence-corrected chi connectivity index (χ1v) is 11.2. The van der Waals surface area contributed by atoms with Gasteiger partial charge in [-0.2, -0.15) is 4.31 Å². The van der Waals surface area contributed by atoms with E-state index in [1.54, 1.807) is 4.31 Å². The highest BCUT2D eigenvalue weighted by molar-refractivity contribution is 7.91. The molecule has 0 saturated carbocycles. The third-order valence-corrected chi connectivity index (χ3v) is 8.06. The number of primary amides is 1. The highest BCUT2D eigenvalue weighted by Crippen LogP contribution is 2.37. The molecule has 1 aliphatic rings. The minimum Gasteiger partial charge on any atom is -0.366 e. The van der Waals surface area contributed by atoms with E-state index in [9.17, 15) is 13.2 Å². The number of rotatable bonds is 6. The quantitative estimate of drug-likeness (QED) is 0.798. The third-order valence-electron chi connectivity index (χ3n) is 4.74. The molecular formula is C19H25N3O3S2. The van der Waals surface area contributed by atoms with Crippen molar-refractivity contribution < 1.29 is 13.2 Å². The van der Waals surface area contributed by atoms with Gasteiger partial charge < -0.3 is 10.6 Å². The molecule has 1 unspecified atom stereocenters. The van der Waals surface area contributed by atoms with Crippen LogP contribution in [0.15, 0.2) is 39.9 Å². The van der Waals surface area contributed by atoms with E-state index in [1.807, 2.05) is 26.2 Å². The van der Waals surface area contributed by atoms with Crippen molar-refractivity contribution in [2.24, 2.45) is 5.73 Å². The highest BCUT2D eigenvalue weighted by atomic mass is 32.2. The number of carbonyl (C=O) groups excluding carboxylic acids is 1. The van der Waals surface area contributed by atoms with Crippen molar-refractivity contribution in [3.63, 3.8) is 0 Å². The molecule has 1 fully saturated rings. The zero-order valence-electron chi connectivity index (χ0n) is 15.6. The molecule has 146 valence electrons. The minimum atomic E-state index is -3.67. The Kier molecular flexibility index (Phi) is 6.00. The summed E-state index contributed by atoms with van der Waals surface area (Å²) in [7, 11) is 0.372. The van der Waals surface area contributed by atoms with Gasteiger partial charge in [0.25, 0.3) is 10.0 Å². The second kappa shape index (κ2) is 8.10. The van der Waals surface area contributed by atoms with Crippen LogP contribution < -0.4 is 5.73 Å². The molecule has 0 radical (unpaired) electrons. The molecule has 1 saturated heterocycles. The molecule has 2 N–H and O–H groups in total. The fourth-order valence-corrected chi connectivity index (χ4v) is 6.41. The van der Waals surface area contributed by atoms with Crippen molar-refractivity contribution in [3.8, 4) is 0 Å². The molecule has 0 aliphatic carbocycles. The van der Waals surface area contributed by atoms with Gasteiger partial charge in [-0.3, -0.25) is 4.79 Å². The Morgan fingerprint density at radius 2 is 1.96 bits per heavy atom. The SMILES string of the molecule is CN(C)Cc1ccc(C2CCCCN2S(=O)(=O)c2cc(C(N)=O)cs2)cc1. The Morgan fingerprint density at radius 1 is 1.26 bits per heavy atom. The largest absolute Gasteiger partial charge is 0.366 e. The highest BCUT2D eigenvalue weighted by Gasteiger charge is 2.35. The van der Waals surface area contributed by atoms with Crippen LogP contribution in [-0.2, 0) is 16.6 Å². The molecule has 0 spiro atoms. The lowest BCUT2D eigenvalue weighted by Gasteiger charge is -2.34. The van der Waals surface area contributed by atoms with Gasteiger partial charge in [0.2, 0.25) is 5.91 Å². The molecule has 6 nitrogen and oxygen atoms in total. The van der Waals surface area contributed by atoms with Crippen LogP contribution in [0.2, 0.25) is 0 Å². The van der Waals surface area contributed by atoms with E-state index in [0.29, 0.717) is 6.54 Å². The zero-order valence-corrected chi connectivity index (χ0v) is 17.2. The maximum Gasteiger partial charge on any atom is 0.253 e. The van der Waals surface area contributed by atoms with E-state index < -0.39 is 15.9 Å². The summed E-state index contributed by atoms with van der Waals surface area (Å²) in [6.45, 7) is 1.33. The Hall–Kier alpha value is -1.74. The number of hydrogen-bond donors (Lipinski definition) is 1. The fraction of sp³-hybridized carbons (Fsp3) is 0.421. The van der Waals surface area contributed by atoms with Crippen LogP contribution in [0, 0.1) is 0 Å². The van der Waals surface area contributed by atoms with Gasteiger partial charge >= 0.3 is 0 Å². The van der Waals surface area contributed by atoms with Gasteiger partial charge in [-0.1, -0.05) is 30.7 Å². The molecule has 8 heteroatoms. The smallest absolute Gasteiger partial charge is 0.253 e. The van der Waals surface area contributed by atoms with E-state index in [-0.39, 0.29) is 15.8 Å². The lowest BCUT2D eigenvalue weighted by Crippen LogP contribution is -2.38. The average molecular weight is 408 g/mol. The van der Waals surface area contributed by atoms with E-state index >= 15 is 0 Å². The standard InChI is InChI=1S/C19H25N3O3S2/c1-21(2)12-14-6-8-15(9-7-14)17-5-3-4-10-22(17)27(24,25)18-11-16(13-26-18)19(20)23/h6-9,11,13,17H,3-5,10,12H2,1-2H3,(H2,20,23). The summed E-state index contributed by atoms with van der Waals surface area (Å²) in [5.41, 5.74) is 7.71. The van der Waals surface area contributed by atoms with Crippen LogP contribution in [0.3, 0.4) is 0 Å². The van der Waals surface area contributed by atoms with E-state index in [1.165, 1.54) is 17.0 Å². The van der Waals surface area contributed by atoms with Crippen LogP contribution in [-0.4, -0.2) is 44.2 Å². The van der Waals surface area contributed by atoms with Crippen molar-refractivity contribution in [2.45, 2.75) is 36.1 Å². The van der Waals surface area contributed by atoms with Gasteiger partial charge in [0.1, 0.15) is 4.21 Å². The first kappa shape index (κ1) is 20.0. The average Bonchev–Trinajstić information content (AvgIpc) is 3.13. The molecule has 2 heterocycles. The molecule has 0 bridgehead atoms. The van der Waals surface area contributed by atoms with Crippen molar-refractivity contribution in [1.29, 1.82) is 0 Å². The number of sulfonamides is 1. The van der Waals surface area contributed by atoms with Crippen LogP contribution in [0.1, 0.15) is 46.8 Å². The van der Waals surface area contributed by atoms with Gasteiger partial charge in [-0.15, -0.1) is 11.3 Å². The first-order valence-electron chi connectivity index (χ1n) is 8.93. The monoisotopic (exact) mass is 407 g/mol. The van der Waals surface area contributed by atoms with Crippen LogP contribution in [0.4, 0.5) is 0 Å². The van der Waals surface area contributed by atoms with Crippen LogP contribution in [0.5, 0.6) is 0 Å². The lowest BCUT2D eigenvalue weighted by molar-refractivity contribution is 0.100. The summed E-state index contributed by atoms with van der Waals surface area (Å²) in [6.07, 6.45) is 2.62. The molecule has 2 aromatic rings. The number of nitrogens with zero attached hydrogens (tertiary/aromatic N) is 2. The summed E-state index contributed by atoms with van der Waals surface area (Å²) in [5.74, 6) is -0.612. The van der Waals surface area contributed by atoms with Gasteiger partial charge in [-0.25, -0.2) is 8.42 Å². The van der Waals surface area contributed by atoms with Gasteiger partial charge in [-0.05, 0) is 44.1 Å². The van der Waals surface area contributed by atoms with Crippen molar-refractivity contribution in [3.05, 3.63) is 52.4 Å². The molecule has 1 aromatic carbocycles. The predicted molar refractivity (Wildman–Crippen MR) is 107 cm³/mol. The summed E-state index contributed by atoms with van der Waals surface area (Å²) in [6, 6.07) is 9.38. The second-order valence-electron chi connectivity index (χ2n) is 7.13. The Bertz CT molecular complexity index is 905. The number of piperidine rings is 1. The summed E-state index contributed by atoms with van der Waals surface area (Å²) in [4.78, 5) is 13.4. The molecule has 1 amide bonds. The van der Waals surface area contributed by atoms with E-state index in [4.69, 9.17) is 5.73 Å². The molecule has 3 rings (SSSR count). The Labute approximate surface area is 164 Å². The maximum atomic E-state index is 13.2. The first-order chi connectivity index (χ1) is 12.8. The Morgan fingerprint density at radius 3 is 2.56 bits per heavy atom. The third kappa shape index (κ3) is 4.40. The second-order valence-corrected chi connectivity index (χ2v) is 10.2. The summed E-state index contributed by atoms with van der Waals surface area (Å²) in [5, 5.41) is 1.50. The number of amides is 1. The molecule has 1 atom stereocenters. The van der Waals surface area contributed by atoms with Gasteiger partial charge in [0.15, 0.2) is 0 Å². The number of nitrogens with two attached hydrogens (primary N) is 1. The lowest BCUT2D eigenvalue weighted by atomic mass is 9.96. The molecular weight excluding hydrogens is 382 g/mol. The Balaban J connectivity index is 1.89. The van der Waals surface area contributed by atoms with Crippen LogP contribution >= 0.6 is 11.3 Å². The van der Waals surface area contributed by atoms with Crippen LogP contribution in [0.25, 0.3) is 0 Å². The normalized spacial score (nSPS) is 18.7. The molecule has 27 heavy (non-hydrogen) atoms. The minimum absolute atomic E-state index is 0.174. The zero-order chi connectivity index (χ0) is 19.6. The molecule has 1 aromatic heterocycles. The van der Waals surface area contributed by atoms with Crippen molar-refractivity contribution in [1.82, 2.24) is 9.21 Å². The number of hydrogen-bond acceptors (Lipinski definition) is 5. The van der Waals surface area contributed by atoms with E-state index in [0.717, 1.165) is 42.7 Å². The number of carbonyl (C=O) groups is 1.